The average molecular weight is 198 g/mol. The highest BCUT2D eigenvalue weighted by atomic mass is 15.5. The van der Waals surface area contributed by atoms with Gasteiger partial charge in [-0.25, -0.2) is 4.68 Å². The molecule has 0 bridgehead atoms. The molecule has 15 heavy (non-hydrogen) atoms. The minimum atomic E-state index is 0.716. The molecule has 4 heteroatoms. The first-order valence-corrected chi connectivity index (χ1v) is 4.54. The zero-order valence-corrected chi connectivity index (χ0v) is 8.11. The molecule has 0 saturated heterocycles. The molecule has 74 valence electrons. The van der Waals surface area contributed by atoms with Gasteiger partial charge in [0, 0.05) is 11.8 Å². The normalized spacial score (nSPS) is 10.7. The lowest BCUT2D eigenvalue weighted by Gasteiger charge is -1.97. The Morgan fingerprint density at radius 2 is 2.00 bits per heavy atom. The molecule has 0 radical (unpaired) electrons. The predicted molar refractivity (Wildman–Crippen MR) is 58.8 cm³/mol. The van der Waals surface area contributed by atoms with E-state index in [9.17, 15) is 0 Å². The number of hydrogen-bond donors (Lipinski definition) is 0. The second-order valence-electron chi connectivity index (χ2n) is 2.89. The Balaban J connectivity index is 2.41. The summed E-state index contributed by atoms with van der Waals surface area (Å²) in [5, 5.41) is 11.4. The zero-order chi connectivity index (χ0) is 10.5. The standard InChI is InChI=1S/C11H10N4/c1-2-3-9-15-11(12-13-14-15)10-7-5-4-6-8-10/h2-9H,1H2. The van der Waals surface area contributed by atoms with E-state index in [1.54, 1.807) is 23.0 Å². The molecule has 0 saturated carbocycles. The third kappa shape index (κ3) is 1.99. The summed E-state index contributed by atoms with van der Waals surface area (Å²) >= 11 is 0. The smallest absolute Gasteiger partial charge is 0.186 e. The van der Waals surface area contributed by atoms with E-state index >= 15 is 0 Å². The van der Waals surface area contributed by atoms with Crippen LogP contribution in [0.15, 0.2) is 49.1 Å². The molecule has 0 spiro atoms. The first kappa shape index (κ1) is 9.33. The largest absolute Gasteiger partial charge is 0.200 e. The molecule has 2 rings (SSSR count). The summed E-state index contributed by atoms with van der Waals surface area (Å²) in [7, 11) is 0. The fourth-order valence-corrected chi connectivity index (χ4v) is 1.21. The maximum Gasteiger partial charge on any atom is 0.186 e. The van der Waals surface area contributed by atoms with E-state index in [4.69, 9.17) is 0 Å². The van der Waals surface area contributed by atoms with E-state index in [1.807, 2.05) is 30.3 Å². The number of hydrogen-bond acceptors (Lipinski definition) is 3. The summed E-state index contributed by atoms with van der Waals surface area (Å²) in [6.07, 6.45) is 5.22. The third-order valence-corrected chi connectivity index (χ3v) is 1.89. The molecular weight excluding hydrogens is 188 g/mol. The van der Waals surface area contributed by atoms with E-state index < -0.39 is 0 Å². The number of rotatable bonds is 3. The Hall–Kier alpha value is -2.23. The van der Waals surface area contributed by atoms with Gasteiger partial charge in [-0.3, -0.25) is 0 Å². The fraction of sp³-hybridized carbons (Fsp3) is 0. The van der Waals surface area contributed by atoms with E-state index in [-0.39, 0.29) is 0 Å². The molecule has 0 aliphatic heterocycles. The van der Waals surface area contributed by atoms with Gasteiger partial charge in [0.2, 0.25) is 0 Å². The van der Waals surface area contributed by atoms with Crippen LogP contribution in [0.3, 0.4) is 0 Å². The minimum absolute atomic E-state index is 0.716. The van der Waals surface area contributed by atoms with Crippen LogP contribution in [0.4, 0.5) is 0 Å². The molecule has 2 aromatic rings. The quantitative estimate of drug-likeness (QED) is 0.708. The summed E-state index contributed by atoms with van der Waals surface area (Å²) in [6, 6.07) is 9.78. The van der Waals surface area contributed by atoms with Crippen LogP contribution in [0.2, 0.25) is 0 Å². The topological polar surface area (TPSA) is 43.6 Å². The summed E-state index contributed by atoms with van der Waals surface area (Å²) in [6.45, 7) is 3.59. The maximum atomic E-state index is 3.96. The van der Waals surface area contributed by atoms with Crippen LogP contribution < -0.4 is 0 Å². The van der Waals surface area contributed by atoms with Gasteiger partial charge >= 0.3 is 0 Å². The van der Waals surface area contributed by atoms with Crippen molar-refractivity contribution < 1.29 is 0 Å². The molecule has 1 aromatic carbocycles. The van der Waals surface area contributed by atoms with Crippen molar-refractivity contribution in [3.8, 4) is 11.4 Å². The van der Waals surface area contributed by atoms with E-state index in [1.165, 1.54) is 0 Å². The Morgan fingerprint density at radius 3 is 2.73 bits per heavy atom. The van der Waals surface area contributed by atoms with Gasteiger partial charge in [0.15, 0.2) is 5.82 Å². The van der Waals surface area contributed by atoms with Crippen molar-refractivity contribution in [2.75, 3.05) is 0 Å². The second-order valence-corrected chi connectivity index (χ2v) is 2.89. The molecule has 0 aliphatic rings. The van der Waals surface area contributed by atoms with Crippen molar-refractivity contribution in [2.45, 2.75) is 0 Å². The molecule has 0 N–H and O–H groups in total. The predicted octanol–water partition coefficient (Wildman–Crippen LogP) is 2.00. The number of nitrogens with zero attached hydrogens (tertiary/aromatic N) is 4. The molecule has 0 amide bonds. The molecule has 0 unspecified atom stereocenters. The van der Waals surface area contributed by atoms with Gasteiger partial charge < -0.3 is 0 Å². The Labute approximate surface area is 87.6 Å². The van der Waals surface area contributed by atoms with Gasteiger partial charge in [0.25, 0.3) is 0 Å². The van der Waals surface area contributed by atoms with E-state index in [0.717, 1.165) is 5.56 Å². The van der Waals surface area contributed by atoms with E-state index in [2.05, 4.69) is 22.1 Å². The highest BCUT2D eigenvalue weighted by Crippen LogP contribution is 2.14. The van der Waals surface area contributed by atoms with Crippen molar-refractivity contribution in [1.29, 1.82) is 0 Å². The molecule has 4 nitrogen and oxygen atoms in total. The van der Waals surface area contributed by atoms with Crippen LogP contribution in [-0.4, -0.2) is 20.2 Å². The van der Waals surface area contributed by atoms with Gasteiger partial charge in [-0.15, -0.1) is 5.10 Å². The lowest BCUT2D eigenvalue weighted by atomic mass is 10.2. The summed E-state index contributed by atoms with van der Waals surface area (Å²) in [5.41, 5.74) is 0.983. The SMILES string of the molecule is C=CC=Cn1nnnc1-c1ccccc1. The molecule has 1 heterocycles. The van der Waals surface area contributed by atoms with E-state index in [0.29, 0.717) is 5.82 Å². The Bertz CT molecular complexity index is 470. The summed E-state index contributed by atoms with van der Waals surface area (Å²) in [4.78, 5) is 0. The first-order chi connectivity index (χ1) is 7.42. The van der Waals surface area contributed by atoms with Crippen molar-refractivity contribution >= 4 is 6.20 Å². The van der Waals surface area contributed by atoms with Crippen molar-refractivity contribution in [3.05, 3.63) is 49.1 Å². The fourth-order valence-electron chi connectivity index (χ4n) is 1.21. The summed E-state index contributed by atoms with van der Waals surface area (Å²) in [5.74, 6) is 0.716. The van der Waals surface area contributed by atoms with Gasteiger partial charge in [-0.05, 0) is 16.5 Å². The van der Waals surface area contributed by atoms with Gasteiger partial charge in [0.1, 0.15) is 0 Å². The van der Waals surface area contributed by atoms with Crippen LogP contribution in [0.1, 0.15) is 0 Å². The van der Waals surface area contributed by atoms with Crippen LogP contribution in [-0.2, 0) is 0 Å². The van der Waals surface area contributed by atoms with Crippen molar-refractivity contribution in [3.63, 3.8) is 0 Å². The number of benzene rings is 1. The highest BCUT2D eigenvalue weighted by molar-refractivity contribution is 5.56. The maximum absolute atomic E-state index is 3.96. The lowest BCUT2D eigenvalue weighted by molar-refractivity contribution is 0.819. The van der Waals surface area contributed by atoms with Gasteiger partial charge in [-0.1, -0.05) is 43.0 Å². The second kappa shape index (κ2) is 4.32. The molecular formula is C11H10N4. The Kier molecular flexibility index (Phi) is 2.69. The molecule has 1 aromatic heterocycles. The molecule has 0 fully saturated rings. The highest BCUT2D eigenvalue weighted by Gasteiger charge is 2.04. The van der Waals surface area contributed by atoms with Crippen LogP contribution in [0.5, 0.6) is 0 Å². The van der Waals surface area contributed by atoms with Crippen LogP contribution in [0.25, 0.3) is 17.6 Å². The third-order valence-electron chi connectivity index (χ3n) is 1.89. The van der Waals surface area contributed by atoms with Crippen LogP contribution >= 0.6 is 0 Å². The van der Waals surface area contributed by atoms with Gasteiger partial charge in [-0.2, -0.15) is 0 Å². The molecule has 0 aliphatic carbocycles. The summed E-state index contributed by atoms with van der Waals surface area (Å²) < 4.78 is 1.61. The van der Waals surface area contributed by atoms with Crippen LogP contribution in [0, 0.1) is 0 Å². The minimum Gasteiger partial charge on any atom is -0.200 e. The first-order valence-electron chi connectivity index (χ1n) is 4.54. The monoisotopic (exact) mass is 198 g/mol. The zero-order valence-electron chi connectivity index (χ0n) is 8.11. The number of allylic oxidation sites excluding steroid dienone is 2. The van der Waals surface area contributed by atoms with Crippen molar-refractivity contribution in [1.82, 2.24) is 20.2 Å². The average Bonchev–Trinajstić information content (AvgIpc) is 2.75. The number of aromatic nitrogens is 4. The van der Waals surface area contributed by atoms with Gasteiger partial charge in [0.05, 0.1) is 0 Å². The van der Waals surface area contributed by atoms with Crippen molar-refractivity contribution in [2.24, 2.45) is 0 Å². The lowest BCUT2D eigenvalue weighted by Crippen LogP contribution is -1.92. The molecule has 0 atom stereocenters. The Morgan fingerprint density at radius 1 is 1.20 bits per heavy atom. The number of tetrazole rings is 1.